The number of aliphatic hydroxyl groups is 3. The molecule has 2 aromatic rings. The standard InChI is InChI=1S/C13H19NO3S.C12H17NO.C10H19NO3.C6H13NO3S.C5H11NO.ClH/c1-18(15,16)17-13-8-5-9-14(11-13)10-12-6-3-2-4-7-12;14-12-7-4-8-13(10-12)9-11-5-2-1-3-6-11;1-10(2,3)14-9(13)11-6-4-5-8(12)7-11;1-11(8,9)10-6-3-2-4-7-5-6;7-5-2-1-3-6-4-5;/h2-4,6-7,13H,5,8-11H2,1H3;1-3,5-6,12,14H,4,7-10H2;8,12H,4-7H2,1-3H3;6-7H,2-5H2,1H3;5-7H,1-4H2;1H/t13-;12-;8-;6-;5-;/m00000./s1. The number of nitrogens with one attached hydrogen (secondary N) is 2. The van der Waals surface area contributed by atoms with E-state index in [0.717, 1.165) is 129 Å². The molecule has 0 unspecified atom stereocenters. The predicted molar refractivity (Wildman–Crippen MR) is 258 cm³/mol. The van der Waals surface area contributed by atoms with E-state index in [1.54, 1.807) is 4.90 Å². The summed E-state index contributed by atoms with van der Waals surface area (Å²) in [7, 11) is -6.61. The molecule has 5 aliphatic rings. The van der Waals surface area contributed by atoms with Crippen LogP contribution in [0.3, 0.4) is 0 Å². The van der Waals surface area contributed by atoms with Crippen molar-refractivity contribution in [2.75, 3.05) is 78.0 Å². The largest absolute Gasteiger partial charge is 0.444 e. The number of β-amino-alcohol motifs (C(OH)–C–C–N with tert-alkyl or cyclic N) is 3. The first kappa shape index (κ1) is 58.7. The van der Waals surface area contributed by atoms with Crippen molar-refractivity contribution in [1.82, 2.24) is 25.3 Å². The van der Waals surface area contributed by atoms with Gasteiger partial charge in [-0.15, -0.1) is 12.4 Å². The lowest BCUT2D eigenvalue weighted by Gasteiger charge is -2.32. The van der Waals surface area contributed by atoms with Crippen molar-refractivity contribution >= 4 is 38.7 Å². The number of hydrogen-bond acceptors (Lipinski definition) is 15. The fourth-order valence-corrected chi connectivity index (χ4v) is 9.08. The molecule has 5 atom stereocenters. The Balaban J connectivity index is 0.000000285. The number of halogens is 1. The van der Waals surface area contributed by atoms with Gasteiger partial charge >= 0.3 is 6.09 Å². The summed E-state index contributed by atoms with van der Waals surface area (Å²) in [6.07, 6.45) is 10.4. The van der Waals surface area contributed by atoms with E-state index < -0.39 is 31.9 Å². The van der Waals surface area contributed by atoms with Gasteiger partial charge in [0.05, 0.1) is 43.0 Å². The van der Waals surface area contributed by atoms with Gasteiger partial charge in [0.1, 0.15) is 5.60 Å². The number of rotatable bonds is 8. The SMILES string of the molecule is CC(C)(C)OC(=O)N1CCC[C@H](O)C1.CS(=O)(=O)O[C@H]1CCCN(Cc2ccccc2)C1.CS(=O)(=O)O[C@H]1CCCNC1.Cl.O[C@H]1CCCN(Cc2ccccc2)C1.O[C@H]1CCCNC1. The normalized spacial score (nSPS) is 24.3. The van der Waals surface area contributed by atoms with Gasteiger partial charge < -0.3 is 35.6 Å². The molecule has 65 heavy (non-hydrogen) atoms. The summed E-state index contributed by atoms with van der Waals surface area (Å²) >= 11 is 0. The van der Waals surface area contributed by atoms with Gasteiger partial charge in [-0.05, 0) is 122 Å². The minimum Gasteiger partial charge on any atom is -0.444 e. The summed E-state index contributed by atoms with van der Waals surface area (Å²) in [5.41, 5.74) is 2.12. The van der Waals surface area contributed by atoms with Gasteiger partial charge in [0.15, 0.2) is 0 Å². The van der Waals surface area contributed by atoms with Crippen LogP contribution in [-0.2, 0) is 46.4 Å². The van der Waals surface area contributed by atoms with E-state index in [1.807, 2.05) is 45.0 Å². The lowest BCUT2D eigenvalue weighted by atomic mass is 10.1. The maximum atomic E-state index is 11.6. The highest BCUT2D eigenvalue weighted by atomic mass is 35.5. The van der Waals surface area contributed by atoms with E-state index >= 15 is 0 Å². The summed E-state index contributed by atoms with van der Waals surface area (Å²) in [6, 6.07) is 20.6. The Kier molecular flexibility index (Phi) is 27.8. The number of amides is 1. The van der Waals surface area contributed by atoms with Crippen LogP contribution in [0, 0.1) is 0 Å². The van der Waals surface area contributed by atoms with E-state index in [4.69, 9.17) is 18.2 Å². The number of carbonyl (C=O) groups excluding carboxylic acids is 1. The van der Waals surface area contributed by atoms with Crippen LogP contribution in [0.2, 0.25) is 0 Å². The summed E-state index contributed by atoms with van der Waals surface area (Å²) in [5, 5.41) is 33.9. The number of aliphatic hydroxyl groups excluding tert-OH is 3. The highest BCUT2D eigenvalue weighted by molar-refractivity contribution is 7.86. The van der Waals surface area contributed by atoms with Crippen LogP contribution >= 0.6 is 12.4 Å². The summed E-state index contributed by atoms with van der Waals surface area (Å²) in [5.74, 6) is 0. The van der Waals surface area contributed by atoms with Gasteiger partial charge in [0.25, 0.3) is 20.2 Å². The third-order valence-electron chi connectivity index (χ3n) is 10.6. The molecule has 0 spiro atoms. The van der Waals surface area contributed by atoms with Crippen molar-refractivity contribution < 1.29 is 50.1 Å². The molecule has 0 saturated carbocycles. The Morgan fingerprint density at radius 1 is 0.615 bits per heavy atom. The molecule has 2 aromatic carbocycles. The predicted octanol–water partition coefficient (Wildman–Crippen LogP) is 4.52. The number of carbonyl (C=O) groups is 1. The van der Waals surface area contributed by atoms with Gasteiger partial charge in [0.2, 0.25) is 0 Å². The summed E-state index contributed by atoms with van der Waals surface area (Å²) in [4.78, 5) is 17.7. The fraction of sp³-hybridized carbons (Fsp3) is 0.717. The number of hydrogen-bond donors (Lipinski definition) is 5. The second-order valence-corrected chi connectivity index (χ2v) is 21.5. The summed E-state index contributed by atoms with van der Waals surface area (Å²) < 4.78 is 58.6. The molecule has 5 fully saturated rings. The van der Waals surface area contributed by atoms with Gasteiger partial charge in [-0.3, -0.25) is 18.2 Å². The van der Waals surface area contributed by atoms with Crippen LogP contribution in [0.1, 0.15) is 96.1 Å². The Morgan fingerprint density at radius 3 is 1.49 bits per heavy atom. The van der Waals surface area contributed by atoms with E-state index in [2.05, 4.69) is 56.8 Å². The molecule has 374 valence electrons. The van der Waals surface area contributed by atoms with Crippen LogP contribution in [0.15, 0.2) is 60.7 Å². The smallest absolute Gasteiger partial charge is 0.410 e. The zero-order valence-corrected chi connectivity index (χ0v) is 41.8. The minimum absolute atomic E-state index is 0. The average Bonchev–Trinajstić information content (AvgIpc) is 3.22. The molecule has 5 saturated heterocycles. The Bertz CT molecular complexity index is 1790. The number of ether oxygens (including phenoxy) is 1. The molecule has 5 N–H and O–H groups in total. The van der Waals surface area contributed by atoms with Crippen molar-refractivity contribution in [3.8, 4) is 0 Å². The Morgan fingerprint density at radius 2 is 1.06 bits per heavy atom. The maximum Gasteiger partial charge on any atom is 0.410 e. The molecule has 16 nitrogen and oxygen atoms in total. The highest BCUT2D eigenvalue weighted by Gasteiger charge is 2.27. The van der Waals surface area contributed by atoms with Crippen LogP contribution in [-0.4, -0.2) is 167 Å². The second kappa shape index (κ2) is 30.8. The van der Waals surface area contributed by atoms with Gasteiger partial charge in [-0.2, -0.15) is 16.8 Å². The van der Waals surface area contributed by atoms with Crippen LogP contribution in [0.25, 0.3) is 0 Å². The minimum atomic E-state index is -3.35. The van der Waals surface area contributed by atoms with Gasteiger partial charge in [-0.25, -0.2) is 4.79 Å². The summed E-state index contributed by atoms with van der Waals surface area (Å²) in [6.45, 7) is 15.5. The third-order valence-corrected chi connectivity index (χ3v) is 11.9. The van der Waals surface area contributed by atoms with Gasteiger partial charge in [0, 0.05) is 52.4 Å². The lowest BCUT2D eigenvalue weighted by molar-refractivity contribution is 0.00390. The first-order valence-corrected chi connectivity index (χ1v) is 26.6. The van der Waals surface area contributed by atoms with Crippen molar-refractivity contribution in [2.45, 2.75) is 134 Å². The van der Waals surface area contributed by atoms with Crippen molar-refractivity contribution in [3.63, 3.8) is 0 Å². The number of nitrogens with zero attached hydrogens (tertiary/aromatic N) is 3. The maximum absolute atomic E-state index is 11.6. The van der Waals surface area contributed by atoms with Crippen molar-refractivity contribution in [1.29, 1.82) is 0 Å². The molecular weight excluding hydrogens is 898 g/mol. The monoisotopic (exact) mass is 977 g/mol. The van der Waals surface area contributed by atoms with E-state index in [1.165, 1.54) is 11.1 Å². The quantitative estimate of drug-likeness (QED) is 0.231. The van der Waals surface area contributed by atoms with Crippen LogP contribution < -0.4 is 10.6 Å². The highest BCUT2D eigenvalue weighted by Crippen LogP contribution is 2.18. The van der Waals surface area contributed by atoms with E-state index in [-0.39, 0.29) is 42.9 Å². The molecule has 7 rings (SSSR count). The second-order valence-electron chi connectivity index (χ2n) is 18.3. The molecule has 5 aliphatic heterocycles. The molecule has 0 aliphatic carbocycles. The third kappa shape index (κ3) is 29.1. The topological polar surface area (TPSA) is 208 Å². The van der Waals surface area contributed by atoms with Crippen LogP contribution in [0.5, 0.6) is 0 Å². The van der Waals surface area contributed by atoms with E-state index in [0.29, 0.717) is 26.2 Å². The first-order valence-electron chi connectivity index (χ1n) is 23.0. The lowest BCUT2D eigenvalue weighted by Crippen LogP contribution is -2.44. The molecule has 5 heterocycles. The molecule has 19 heteroatoms. The van der Waals surface area contributed by atoms with E-state index in [9.17, 15) is 31.8 Å². The van der Waals surface area contributed by atoms with Gasteiger partial charge in [-0.1, -0.05) is 60.7 Å². The number of piperidine rings is 5. The van der Waals surface area contributed by atoms with Crippen LogP contribution in [0.4, 0.5) is 4.79 Å². The molecule has 0 aromatic heterocycles. The zero-order valence-electron chi connectivity index (χ0n) is 39.4. The molecule has 0 radical (unpaired) electrons. The molecule has 1 amide bonds. The molecule has 0 bridgehead atoms. The Labute approximate surface area is 396 Å². The molecular formula is C46H80ClN5O11S2. The first-order chi connectivity index (χ1) is 30.2. The van der Waals surface area contributed by atoms with Crippen molar-refractivity contribution in [2.24, 2.45) is 0 Å². The number of benzene rings is 2. The number of likely N-dealkylation sites (tertiary alicyclic amines) is 3. The zero-order chi connectivity index (χ0) is 47.0. The Hall–Kier alpha value is -2.46. The fourth-order valence-electron chi connectivity index (χ4n) is 7.77. The van der Waals surface area contributed by atoms with Crippen molar-refractivity contribution in [3.05, 3.63) is 71.8 Å². The average molecular weight is 979 g/mol.